The molecule has 0 bridgehead atoms. The topological polar surface area (TPSA) is 77.1 Å². The fourth-order valence-corrected chi connectivity index (χ4v) is 2.52. The Morgan fingerprint density at radius 1 is 1.22 bits per heavy atom. The van der Waals surface area contributed by atoms with E-state index in [1.807, 2.05) is 40.5 Å². The molecule has 0 aliphatic carbocycles. The largest absolute Gasteiger partial charge is 0.349 e. The van der Waals surface area contributed by atoms with E-state index >= 15 is 0 Å². The van der Waals surface area contributed by atoms with Gasteiger partial charge in [0, 0.05) is 36.9 Å². The molecule has 3 heterocycles. The van der Waals surface area contributed by atoms with Gasteiger partial charge >= 0.3 is 0 Å². The Hall–Kier alpha value is -2.70. The van der Waals surface area contributed by atoms with Crippen LogP contribution in [0.15, 0.2) is 37.1 Å². The molecule has 0 radical (unpaired) electrons. The average molecular weight is 312 g/mol. The van der Waals surface area contributed by atoms with E-state index in [0.717, 1.165) is 11.5 Å². The van der Waals surface area contributed by atoms with Crippen LogP contribution in [0.25, 0.3) is 5.78 Å². The van der Waals surface area contributed by atoms with Crippen LogP contribution in [0.3, 0.4) is 0 Å². The molecule has 3 aromatic heterocycles. The Labute approximate surface area is 134 Å². The van der Waals surface area contributed by atoms with Crippen molar-refractivity contribution in [3.8, 4) is 0 Å². The van der Waals surface area contributed by atoms with E-state index < -0.39 is 0 Å². The fraction of sp³-hybridized carbons (Fsp3) is 0.375. The Morgan fingerprint density at radius 2 is 2.04 bits per heavy atom. The van der Waals surface area contributed by atoms with Gasteiger partial charge < -0.3 is 9.88 Å². The van der Waals surface area contributed by atoms with Crippen molar-refractivity contribution in [2.75, 3.05) is 0 Å². The number of carbonyl (C=O) groups is 1. The third-order valence-electron chi connectivity index (χ3n) is 3.74. The van der Waals surface area contributed by atoms with Crippen LogP contribution in [-0.4, -0.2) is 29.8 Å². The molecule has 0 fully saturated rings. The van der Waals surface area contributed by atoms with Gasteiger partial charge in [-0.3, -0.25) is 9.20 Å². The molecule has 1 amide bonds. The zero-order valence-corrected chi connectivity index (χ0v) is 13.5. The van der Waals surface area contributed by atoms with Gasteiger partial charge in [0.2, 0.25) is 11.7 Å². The lowest BCUT2D eigenvalue weighted by Gasteiger charge is -2.17. The highest BCUT2D eigenvalue weighted by molar-refractivity contribution is 5.79. The maximum Gasteiger partial charge on any atom is 0.243 e. The number of rotatable bonds is 5. The molecule has 7 nitrogen and oxygen atoms in total. The Kier molecular flexibility index (Phi) is 4.10. The van der Waals surface area contributed by atoms with E-state index in [-0.39, 0.29) is 17.9 Å². The second kappa shape index (κ2) is 6.20. The van der Waals surface area contributed by atoms with Gasteiger partial charge in [-0.2, -0.15) is 0 Å². The second-order valence-corrected chi connectivity index (χ2v) is 5.80. The van der Waals surface area contributed by atoms with Gasteiger partial charge in [0.1, 0.15) is 11.9 Å². The molecule has 120 valence electrons. The lowest BCUT2D eigenvalue weighted by atomic mass is 10.2. The minimum atomic E-state index is -0.315. The molecule has 0 unspecified atom stereocenters. The SMILES string of the molecule is CC(C)c1nccn1[C@@H](C)C(=O)NCc1cn2cccnc2n1. The smallest absolute Gasteiger partial charge is 0.243 e. The molecule has 7 heteroatoms. The Morgan fingerprint density at radius 3 is 2.78 bits per heavy atom. The molecule has 0 aliphatic heterocycles. The maximum atomic E-state index is 12.4. The maximum absolute atomic E-state index is 12.4. The zero-order valence-electron chi connectivity index (χ0n) is 13.5. The first kappa shape index (κ1) is 15.2. The predicted molar refractivity (Wildman–Crippen MR) is 85.9 cm³/mol. The lowest BCUT2D eigenvalue weighted by molar-refractivity contribution is -0.124. The van der Waals surface area contributed by atoms with Crippen molar-refractivity contribution in [2.24, 2.45) is 0 Å². The Balaban J connectivity index is 1.67. The van der Waals surface area contributed by atoms with Gasteiger partial charge in [0.15, 0.2) is 0 Å². The molecule has 0 saturated carbocycles. The normalized spacial score (nSPS) is 12.7. The molecular formula is C16H20N6O. The molecule has 0 aromatic carbocycles. The number of aromatic nitrogens is 5. The van der Waals surface area contributed by atoms with E-state index in [1.165, 1.54) is 0 Å². The number of amides is 1. The van der Waals surface area contributed by atoms with Crippen LogP contribution in [0, 0.1) is 0 Å². The molecule has 3 aromatic rings. The molecule has 23 heavy (non-hydrogen) atoms. The minimum Gasteiger partial charge on any atom is -0.349 e. The van der Waals surface area contributed by atoms with Crippen LogP contribution in [-0.2, 0) is 11.3 Å². The van der Waals surface area contributed by atoms with Crippen LogP contribution in [0.1, 0.15) is 44.2 Å². The molecule has 0 saturated heterocycles. The lowest BCUT2D eigenvalue weighted by Crippen LogP contribution is -2.31. The third kappa shape index (κ3) is 3.08. The van der Waals surface area contributed by atoms with E-state index in [1.54, 1.807) is 12.4 Å². The van der Waals surface area contributed by atoms with Crippen molar-refractivity contribution in [3.63, 3.8) is 0 Å². The Bertz CT molecular complexity index is 786. The number of hydrogen-bond acceptors (Lipinski definition) is 4. The summed E-state index contributed by atoms with van der Waals surface area (Å²) in [6.07, 6.45) is 9.01. The number of nitrogens with one attached hydrogen (secondary N) is 1. The molecule has 3 rings (SSSR count). The van der Waals surface area contributed by atoms with E-state index in [0.29, 0.717) is 12.3 Å². The highest BCUT2D eigenvalue weighted by Crippen LogP contribution is 2.17. The van der Waals surface area contributed by atoms with Gasteiger partial charge in [-0.25, -0.2) is 15.0 Å². The van der Waals surface area contributed by atoms with Crippen molar-refractivity contribution in [2.45, 2.75) is 39.3 Å². The van der Waals surface area contributed by atoms with E-state index in [9.17, 15) is 4.79 Å². The molecule has 1 N–H and O–H groups in total. The first-order valence-corrected chi connectivity index (χ1v) is 7.65. The summed E-state index contributed by atoms with van der Waals surface area (Å²) in [5.41, 5.74) is 0.777. The van der Waals surface area contributed by atoms with Gasteiger partial charge in [0.25, 0.3) is 0 Å². The van der Waals surface area contributed by atoms with Gasteiger partial charge in [-0.1, -0.05) is 13.8 Å². The van der Waals surface area contributed by atoms with Crippen molar-refractivity contribution < 1.29 is 4.79 Å². The van der Waals surface area contributed by atoms with Crippen molar-refractivity contribution in [1.82, 2.24) is 29.2 Å². The van der Waals surface area contributed by atoms with Crippen LogP contribution in [0.5, 0.6) is 0 Å². The summed E-state index contributed by atoms with van der Waals surface area (Å²) in [6.45, 7) is 6.37. The van der Waals surface area contributed by atoms with Crippen molar-refractivity contribution in [1.29, 1.82) is 0 Å². The number of carbonyl (C=O) groups excluding carboxylic acids is 1. The van der Waals surface area contributed by atoms with Gasteiger partial charge in [0.05, 0.1) is 12.2 Å². The number of imidazole rings is 2. The fourth-order valence-electron chi connectivity index (χ4n) is 2.52. The molecule has 0 aliphatic rings. The first-order valence-electron chi connectivity index (χ1n) is 7.65. The van der Waals surface area contributed by atoms with Crippen molar-refractivity contribution in [3.05, 3.63) is 48.6 Å². The monoisotopic (exact) mass is 312 g/mol. The van der Waals surface area contributed by atoms with Crippen LogP contribution >= 0.6 is 0 Å². The molecule has 1 atom stereocenters. The second-order valence-electron chi connectivity index (χ2n) is 5.80. The number of hydrogen-bond donors (Lipinski definition) is 1. The van der Waals surface area contributed by atoms with E-state index in [4.69, 9.17) is 0 Å². The molecular weight excluding hydrogens is 292 g/mol. The highest BCUT2D eigenvalue weighted by Gasteiger charge is 2.19. The summed E-state index contributed by atoms with van der Waals surface area (Å²) in [7, 11) is 0. The highest BCUT2D eigenvalue weighted by atomic mass is 16.2. The van der Waals surface area contributed by atoms with Crippen LogP contribution in [0.4, 0.5) is 0 Å². The van der Waals surface area contributed by atoms with Gasteiger partial charge in [-0.15, -0.1) is 0 Å². The summed E-state index contributed by atoms with van der Waals surface area (Å²) in [5.74, 6) is 1.74. The van der Waals surface area contributed by atoms with Crippen LogP contribution < -0.4 is 5.32 Å². The first-order chi connectivity index (χ1) is 11.1. The van der Waals surface area contributed by atoms with Crippen LogP contribution in [0.2, 0.25) is 0 Å². The van der Waals surface area contributed by atoms with E-state index in [2.05, 4.69) is 34.1 Å². The summed E-state index contributed by atoms with van der Waals surface area (Å²) < 4.78 is 3.74. The summed E-state index contributed by atoms with van der Waals surface area (Å²) in [6, 6.07) is 1.52. The summed E-state index contributed by atoms with van der Waals surface area (Å²) in [5, 5.41) is 2.92. The van der Waals surface area contributed by atoms with Gasteiger partial charge in [-0.05, 0) is 13.0 Å². The zero-order chi connectivity index (χ0) is 16.4. The third-order valence-corrected chi connectivity index (χ3v) is 3.74. The summed E-state index contributed by atoms with van der Waals surface area (Å²) in [4.78, 5) is 25.3. The predicted octanol–water partition coefficient (Wildman–Crippen LogP) is 1.93. The summed E-state index contributed by atoms with van der Waals surface area (Å²) >= 11 is 0. The average Bonchev–Trinajstić information content (AvgIpc) is 3.17. The quantitative estimate of drug-likeness (QED) is 0.781. The molecule has 0 spiro atoms. The number of fused-ring (bicyclic) bond motifs is 1. The minimum absolute atomic E-state index is 0.0603. The number of nitrogens with zero attached hydrogens (tertiary/aromatic N) is 5. The standard InChI is InChI=1S/C16H20N6O/c1-11(2)14-17-6-8-22(14)12(3)15(23)19-9-13-10-21-7-4-5-18-16(21)20-13/h4-8,10-12H,9H2,1-3H3,(H,19,23)/t12-/m0/s1. The van der Waals surface area contributed by atoms with Crippen molar-refractivity contribution >= 4 is 11.7 Å².